The van der Waals surface area contributed by atoms with Crippen LogP contribution >= 0.6 is 23.8 Å². The van der Waals surface area contributed by atoms with E-state index < -0.39 is 0 Å². The fourth-order valence-electron chi connectivity index (χ4n) is 2.56. The average Bonchev–Trinajstić information content (AvgIpc) is 2.82. The Morgan fingerprint density at radius 1 is 1.17 bits per heavy atom. The van der Waals surface area contributed by atoms with Crippen molar-refractivity contribution in [3.8, 4) is 0 Å². The van der Waals surface area contributed by atoms with Crippen molar-refractivity contribution < 1.29 is 0 Å². The van der Waals surface area contributed by atoms with E-state index >= 15 is 0 Å². The van der Waals surface area contributed by atoms with E-state index in [0.717, 1.165) is 5.69 Å². The molecule has 3 rings (SSSR count). The fourth-order valence-corrected chi connectivity index (χ4v) is 2.92. The summed E-state index contributed by atoms with van der Waals surface area (Å²) >= 11 is 11.4. The SMILES string of the molecule is Cc1cc2cc(CNC(=S)Nc3ccccc3Cl)ccc2n1C. The number of para-hydroxylation sites is 1. The fraction of sp³-hybridized carbons (Fsp3) is 0.167. The third-order valence-electron chi connectivity index (χ3n) is 3.92. The number of hydrogen-bond donors (Lipinski definition) is 2. The average molecular weight is 344 g/mol. The van der Waals surface area contributed by atoms with E-state index in [9.17, 15) is 0 Å². The summed E-state index contributed by atoms with van der Waals surface area (Å²) in [6, 6.07) is 16.2. The normalized spacial score (nSPS) is 10.7. The summed E-state index contributed by atoms with van der Waals surface area (Å²) in [5, 5.41) is 8.78. The second kappa shape index (κ2) is 6.60. The first-order valence-electron chi connectivity index (χ1n) is 7.39. The molecule has 23 heavy (non-hydrogen) atoms. The van der Waals surface area contributed by atoms with Crippen LogP contribution in [0.3, 0.4) is 0 Å². The highest BCUT2D eigenvalue weighted by Gasteiger charge is 2.05. The van der Waals surface area contributed by atoms with Gasteiger partial charge in [0.15, 0.2) is 5.11 Å². The molecule has 0 bridgehead atoms. The first-order chi connectivity index (χ1) is 11.0. The molecule has 0 atom stereocenters. The maximum absolute atomic E-state index is 6.12. The first-order valence-corrected chi connectivity index (χ1v) is 8.17. The molecule has 0 saturated heterocycles. The lowest BCUT2D eigenvalue weighted by molar-refractivity contribution is 0.913. The van der Waals surface area contributed by atoms with E-state index in [0.29, 0.717) is 16.7 Å². The number of fused-ring (bicyclic) bond motifs is 1. The largest absolute Gasteiger partial charge is 0.358 e. The number of thiocarbonyl (C=S) groups is 1. The molecule has 1 heterocycles. The number of aryl methyl sites for hydroxylation is 2. The van der Waals surface area contributed by atoms with Gasteiger partial charge in [0.25, 0.3) is 0 Å². The molecule has 2 N–H and O–H groups in total. The van der Waals surface area contributed by atoms with E-state index in [1.807, 2.05) is 24.3 Å². The summed E-state index contributed by atoms with van der Waals surface area (Å²) in [4.78, 5) is 0. The molecule has 0 aliphatic heterocycles. The lowest BCUT2D eigenvalue weighted by Crippen LogP contribution is -2.27. The van der Waals surface area contributed by atoms with Crippen molar-refractivity contribution >= 4 is 45.5 Å². The van der Waals surface area contributed by atoms with Crippen LogP contribution in [0.4, 0.5) is 5.69 Å². The van der Waals surface area contributed by atoms with Gasteiger partial charge in [0.05, 0.1) is 10.7 Å². The van der Waals surface area contributed by atoms with Crippen LogP contribution < -0.4 is 10.6 Å². The predicted octanol–water partition coefficient (Wildman–Crippen LogP) is 4.63. The summed E-state index contributed by atoms with van der Waals surface area (Å²) in [7, 11) is 2.08. The molecule has 118 valence electrons. The molecule has 3 aromatic rings. The number of hydrogen-bond acceptors (Lipinski definition) is 1. The topological polar surface area (TPSA) is 29.0 Å². The lowest BCUT2D eigenvalue weighted by atomic mass is 10.1. The van der Waals surface area contributed by atoms with Gasteiger partial charge in [0.1, 0.15) is 0 Å². The van der Waals surface area contributed by atoms with Crippen LogP contribution in [0.25, 0.3) is 10.9 Å². The van der Waals surface area contributed by atoms with Crippen molar-refractivity contribution in [3.05, 3.63) is 64.8 Å². The third-order valence-corrected chi connectivity index (χ3v) is 4.50. The number of benzene rings is 2. The van der Waals surface area contributed by atoms with Gasteiger partial charge in [-0.3, -0.25) is 0 Å². The van der Waals surface area contributed by atoms with Crippen molar-refractivity contribution in [2.24, 2.45) is 7.05 Å². The van der Waals surface area contributed by atoms with Crippen LogP contribution in [0, 0.1) is 6.92 Å². The maximum Gasteiger partial charge on any atom is 0.171 e. The predicted molar refractivity (Wildman–Crippen MR) is 102 cm³/mol. The summed E-state index contributed by atoms with van der Waals surface area (Å²) in [6.45, 7) is 2.78. The Balaban J connectivity index is 1.66. The smallest absolute Gasteiger partial charge is 0.171 e. The number of nitrogens with zero attached hydrogens (tertiary/aromatic N) is 1. The second-order valence-corrected chi connectivity index (χ2v) is 6.34. The summed E-state index contributed by atoms with van der Waals surface area (Å²) in [5.74, 6) is 0. The van der Waals surface area contributed by atoms with Crippen LogP contribution in [0.5, 0.6) is 0 Å². The molecular formula is C18H18ClN3S. The molecule has 1 aromatic heterocycles. The third kappa shape index (κ3) is 3.49. The van der Waals surface area contributed by atoms with Gasteiger partial charge in [-0.1, -0.05) is 29.8 Å². The minimum atomic E-state index is 0.558. The standard InChI is InChI=1S/C18H18ClN3S/c1-12-9-14-10-13(7-8-17(14)22(12)2)11-20-18(23)21-16-6-4-3-5-15(16)19/h3-10H,11H2,1-2H3,(H2,20,21,23). The number of rotatable bonds is 3. The number of nitrogens with one attached hydrogen (secondary N) is 2. The zero-order valence-electron chi connectivity index (χ0n) is 13.1. The Morgan fingerprint density at radius 3 is 2.74 bits per heavy atom. The molecule has 3 nitrogen and oxygen atoms in total. The quantitative estimate of drug-likeness (QED) is 0.679. The molecule has 0 spiro atoms. The highest BCUT2D eigenvalue weighted by molar-refractivity contribution is 7.80. The zero-order chi connectivity index (χ0) is 16.4. The Bertz CT molecular complexity index is 870. The molecule has 0 fully saturated rings. The molecule has 0 saturated carbocycles. The molecule has 0 aliphatic carbocycles. The Hall–Kier alpha value is -2.04. The van der Waals surface area contributed by atoms with Gasteiger partial charge in [-0.25, -0.2) is 0 Å². The van der Waals surface area contributed by atoms with Crippen LogP contribution in [0.1, 0.15) is 11.3 Å². The minimum Gasteiger partial charge on any atom is -0.358 e. The number of halogens is 1. The van der Waals surface area contributed by atoms with Crippen LogP contribution in [0.15, 0.2) is 48.5 Å². The molecular weight excluding hydrogens is 326 g/mol. The van der Waals surface area contributed by atoms with E-state index in [1.165, 1.54) is 22.2 Å². The minimum absolute atomic E-state index is 0.558. The summed E-state index contributed by atoms with van der Waals surface area (Å²) in [6.07, 6.45) is 0. The molecule has 5 heteroatoms. The molecule has 0 radical (unpaired) electrons. The van der Waals surface area contributed by atoms with Crippen molar-refractivity contribution in [1.82, 2.24) is 9.88 Å². The Kier molecular flexibility index (Phi) is 4.55. The van der Waals surface area contributed by atoms with E-state index in [-0.39, 0.29) is 0 Å². The van der Waals surface area contributed by atoms with E-state index in [1.54, 1.807) is 0 Å². The van der Waals surface area contributed by atoms with Gasteiger partial charge >= 0.3 is 0 Å². The summed E-state index contributed by atoms with van der Waals surface area (Å²) in [5.41, 5.74) is 4.48. The number of aromatic nitrogens is 1. The van der Waals surface area contributed by atoms with Gasteiger partial charge in [0, 0.05) is 30.2 Å². The van der Waals surface area contributed by atoms with Gasteiger partial charge in [0.2, 0.25) is 0 Å². The van der Waals surface area contributed by atoms with Crippen molar-refractivity contribution in [2.45, 2.75) is 13.5 Å². The van der Waals surface area contributed by atoms with E-state index in [4.69, 9.17) is 23.8 Å². The van der Waals surface area contributed by atoms with Gasteiger partial charge in [-0.05, 0) is 55.0 Å². The zero-order valence-corrected chi connectivity index (χ0v) is 14.6. The van der Waals surface area contributed by atoms with Gasteiger partial charge in [-0.2, -0.15) is 0 Å². The molecule has 0 amide bonds. The Labute approximate surface area is 146 Å². The molecule has 2 aromatic carbocycles. The van der Waals surface area contributed by atoms with Crippen molar-refractivity contribution in [1.29, 1.82) is 0 Å². The first kappa shape index (κ1) is 15.8. The van der Waals surface area contributed by atoms with Crippen LogP contribution in [-0.4, -0.2) is 9.68 Å². The summed E-state index contributed by atoms with van der Waals surface area (Å²) < 4.78 is 2.19. The van der Waals surface area contributed by atoms with Gasteiger partial charge < -0.3 is 15.2 Å². The monoisotopic (exact) mass is 343 g/mol. The highest BCUT2D eigenvalue weighted by atomic mass is 35.5. The molecule has 0 aliphatic rings. The van der Waals surface area contributed by atoms with Crippen molar-refractivity contribution in [3.63, 3.8) is 0 Å². The second-order valence-electron chi connectivity index (χ2n) is 5.53. The van der Waals surface area contributed by atoms with Crippen molar-refractivity contribution in [2.75, 3.05) is 5.32 Å². The van der Waals surface area contributed by atoms with Crippen LogP contribution in [0.2, 0.25) is 5.02 Å². The van der Waals surface area contributed by atoms with Crippen LogP contribution in [-0.2, 0) is 13.6 Å². The number of anilines is 1. The highest BCUT2D eigenvalue weighted by Crippen LogP contribution is 2.21. The Morgan fingerprint density at radius 2 is 1.96 bits per heavy atom. The molecule has 0 unspecified atom stereocenters. The maximum atomic E-state index is 6.12. The lowest BCUT2D eigenvalue weighted by Gasteiger charge is -2.12. The van der Waals surface area contributed by atoms with Gasteiger partial charge in [-0.15, -0.1) is 0 Å². The van der Waals surface area contributed by atoms with E-state index in [2.05, 4.69) is 53.4 Å².